The second-order valence-corrected chi connectivity index (χ2v) is 7.04. The lowest BCUT2D eigenvalue weighted by Gasteiger charge is -2.26. The Hall–Kier alpha value is -3.13. The van der Waals surface area contributed by atoms with Crippen LogP contribution in [0.3, 0.4) is 0 Å². The molecule has 29 heavy (non-hydrogen) atoms. The van der Waals surface area contributed by atoms with E-state index in [0.29, 0.717) is 28.8 Å². The number of ether oxygens (including phenoxy) is 1. The number of piperidine rings is 1. The molecule has 2 aromatic heterocycles. The van der Waals surface area contributed by atoms with Crippen molar-refractivity contribution >= 4 is 23.0 Å². The first-order valence-corrected chi connectivity index (χ1v) is 9.94. The maximum absolute atomic E-state index is 11.7. The predicted molar refractivity (Wildman–Crippen MR) is 110 cm³/mol. The molecular weight excluding hydrogens is 370 g/mol. The summed E-state index contributed by atoms with van der Waals surface area (Å²) in [5.41, 5.74) is 1.70. The molecule has 3 heterocycles. The van der Waals surface area contributed by atoms with E-state index in [4.69, 9.17) is 9.15 Å². The van der Waals surface area contributed by atoms with Gasteiger partial charge < -0.3 is 24.7 Å². The Labute approximate surface area is 169 Å². The topological polar surface area (TPSA) is 92.5 Å². The van der Waals surface area contributed by atoms with Crippen LogP contribution in [0.25, 0.3) is 11.1 Å². The maximum atomic E-state index is 11.7. The Bertz CT molecular complexity index is 981. The van der Waals surface area contributed by atoms with Crippen molar-refractivity contribution in [1.29, 1.82) is 0 Å². The molecule has 8 heteroatoms. The molecular formula is C21H25N5O3. The summed E-state index contributed by atoms with van der Waals surface area (Å²) < 4.78 is 11.7. The van der Waals surface area contributed by atoms with Crippen LogP contribution >= 0.6 is 0 Å². The number of hydrogen-bond donors (Lipinski definition) is 2. The number of oxazole rings is 1. The van der Waals surface area contributed by atoms with Gasteiger partial charge in [-0.05, 0) is 44.1 Å². The molecule has 1 fully saturated rings. The van der Waals surface area contributed by atoms with Crippen LogP contribution in [0.1, 0.15) is 29.8 Å². The highest BCUT2D eigenvalue weighted by atomic mass is 16.5. The number of fused-ring (bicyclic) bond motifs is 1. The minimum Gasteiger partial charge on any atom is -0.457 e. The number of carbonyl (C=O) groups excluding carboxylic acids is 1. The lowest BCUT2D eigenvalue weighted by Crippen LogP contribution is -2.33. The lowest BCUT2D eigenvalue weighted by atomic mass is 10.1. The number of hydrogen-bond acceptors (Lipinski definition) is 7. The van der Waals surface area contributed by atoms with Crippen molar-refractivity contribution in [1.82, 2.24) is 20.2 Å². The van der Waals surface area contributed by atoms with Gasteiger partial charge >= 0.3 is 0 Å². The van der Waals surface area contributed by atoms with E-state index in [2.05, 4.69) is 25.5 Å². The van der Waals surface area contributed by atoms with Gasteiger partial charge in [-0.3, -0.25) is 9.78 Å². The zero-order valence-corrected chi connectivity index (χ0v) is 16.5. The normalized spacial score (nSPS) is 14.7. The van der Waals surface area contributed by atoms with Gasteiger partial charge in [0, 0.05) is 38.5 Å². The van der Waals surface area contributed by atoms with Gasteiger partial charge in [0.1, 0.15) is 22.7 Å². The van der Waals surface area contributed by atoms with E-state index in [1.54, 1.807) is 25.2 Å². The third-order valence-corrected chi connectivity index (χ3v) is 4.94. The molecule has 3 aromatic rings. The first-order valence-electron chi connectivity index (χ1n) is 9.94. The fourth-order valence-corrected chi connectivity index (χ4v) is 3.41. The van der Waals surface area contributed by atoms with E-state index in [-0.39, 0.29) is 5.91 Å². The number of pyridine rings is 1. The van der Waals surface area contributed by atoms with Crippen molar-refractivity contribution in [2.24, 2.45) is 0 Å². The Morgan fingerprint density at radius 3 is 2.83 bits per heavy atom. The lowest BCUT2D eigenvalue weighted by molar-refractivity contribution is 0.0958. The zero-order chi connectivity index (χ0) is 20.1. The third-order valence-electron chi connectivity index (χ3n) is 4.94. The van der Waals surface area contributed by atoms with Crippen molar-refractivity contribution in [3.05, 3.63) is 42.2 Å². The Morgan fingerprint density at radius 1 is 1.17 bits per heavy atom. The van der Waals surface area contributed by atoms with Crippen LogP contribution in [-0.2, 0) is 0 Å². The molecule has 2 N–H and O–H groups in total. The molecule has 0 unspecified atom stereocenters. The van der Waals surface area contributed by atoms with Crippen LogP contribution in [0.5, 0.6) is 11.5 Å². The van der Waals surface area contributed by atoms with Crippen molar-refractivity contribution < 1.29 is 13.9 Å². The van der Waals surface area contributed by atoms with Crippen molar-refractivity contribution in [2.75, 3.05) is 38.5 Å². The quantitative estimate of drug-likeness (QED) is 0.634. The van der Waals surface area contributed by atoms with Crippen LogP contribution in [0.15, 0.2) is 40.9 Å². The highest BCUT2D eigenvalue weighted by molar-refractivity contribution is 5.92. The number of aromatic nitrogens is 2. The van der Waals surface area contributed by atoms with E-state index < -0.39 is 0 Å². The standard InChI is InChI=1S/C21H25N5O3/c1-22-20(27)18-13-16(7-8-23-18)28-15-5-6-17-19(14-15)29-21(25-17)24-9-12-26-10-3-2-4-11-26/h5-8,13-14H,2-4,9-12H2,1H3,(H,22,27)(H,24,25). The van der Waals surface area contributed by atoms with Gasteiger partial charge in [-0.25, -0.2) is 0 Å². The van der Waals surface area contributed by atoms with Crippen molar-refractivity contribution in [2.45, 2.75) is 19.3 Å². The molecule has 1 amide bonds. The van der Waals surface area contributed by atoms with Gasteiger partial charge in [-0.1, -0.05) is 6.42 Å². The average Bonchev–Trinajstić information content (AvgIpc) is 3.16. The average molecular weight is 395 g/mol. The molecule has 0 spiro atoms. The van der Waals surface area contributed by atoms with E-state index in [0.717, 1.165) is 18.6 Å². The van der Waals surface area contributed by atoms with Gasteiger partial charge in [0.2, 0.25) is 0 Å². The van der Waals surface area contributed by atoms with E-state index >= 15 is 0 Å². The molecule has 1 aliphatic rings. The molecule has 0 bridgehead atoms. The van der Waals surface area contributed by atoms with Gasteiger partial charge in [0.15, 0.2) is 5.58 Å². The van der Waals surface area contributed by atoms with Crippen LogP contribution in [-0.4, -0.2) is 54.0 Å². The van der Waals surface area contributed by atoms with Gasteiger partial charge in [-0.15, -0.1) is 0 Å². The van der Waals surface area contributed by atoms with E-state index in [1.807, 2.05) is 12.1 Å². The van der Waals surface area contributed by atoms with Crippen LogP contribution in [0.2, 0.25) is 0 Å². The fraction of sp³-hybridized carbons (Fsp3) is 0.381. The SMILES string of the molecule is CNC(=O)c1cc(Oc2ccc3nc(NCCN4CCCCC4)oc3c2)ccn1. The van der Waals surface area contributed by atoms with E-state index in [1.165, 1.54) is 38.5 Å². The van der Waals surface area contributed by atoms with Crippen molar-refractivity contribution in [3.63, 3.8) is 0 Å². The number of benzene rings is 1. The number of nitrogens with zero attached hydrogens (tertiary/aromatic N) is 3. The molecule has 1 saturated heterocycles. The fourth-order valence-electron chi connectivity index (χ4n) is 3.41. The summed E-state index contributed by atoms with van der Waals surface area (Å²) >= 11 is 0. The van der Waals surface area contributed by atoms with Crippen LogP contribution in [0, 0.1) is 0 Å². The summed E-state index contributed by atoms with van der Waals surface area (Å²) in [5, 5.41) is 5.81. The minimum absolute atomic E-state index is 0.263. The molecule has 4 rings (SSSR count). The summed E-state index contributed by atoms with van der Waals surface area (Å²) in [7, 11) is 1.56. The molecule has 152 valence electrons. The second-order valence-electron chi connectivity index (χ2n) is 7.04. The third kappa shape index (κ3) is 4.83. The Balaban J connectivity index is 1.39. The summed E-state index contributed by atoms with van der Waals surface area (Å²) in [6.45, 7) is 4.14. The molecule has 0 atom stereocenters. The first kappa shape index (κ1) is 19.2. The monoisotopic (exact) mass is 395 g/mol. The van der Waals surface area contributed by atoms with Crippen molar-refractivity contribution in [3.8, 4) is 11.5 Å². The van der Waals surface area contributed by atoms with Crippen LogP contribution < -0.4 is 15.4 Å². The summed E-state index contributed by atoms with van der Waals surface area (Å²) in [4.78, 5) is 22.7. The number of likely N-dealkylation sites (tertiary alicyclic amines) is 1. The van der Waals surface area contributed by atoms with Gasteiger partial charge in [-0.2, -0.15) is 4.98 Å². The highest BCUT2D eigenvalue weighted by Gasteiger charge is 2.12. The molecule has 1 aliphatic heterocycles. The Morgan fingerprint density at radius 2 is 2.00 bits per heavy atom. The molecule has 8 nitrogen and oxygen atoms in total. The minimum atomic E-state index is -0.263. The predicted octanol–water partition coefficient (Wildman–Crippen LogP) is 3.27. The number of nitrogens with one attached hydrogen (secondary N) is 2. The van der Waals surface area contributed by atoms with Gasteiger partial charge in [0.05, 0.1) is 0 Å². The molecule has 0 saturated carbocycles. The van der Waals surface area contributed by atoms with Crippen LogP contribution in [0.4, 0.5) is 6.01 Å². The molecule has 1 aromatic carbocycles. The largest absolute Gasteiger partial charge is 0.457 e. The second kappa shape index (κ2) is 8.91. The summed E-state index contributed by atoms with van der Waals surface area (Å²) in [5.74, 6) is 0.862. The summed E-state index contributed by atoms with van der Waals surface area (Å²) in [6, 6.07) is 9.27. The maximum Gasteiger partial charge on any atom is 0.295 e. The zero-order valence-electron chi connectivity index (χ0n) is 16.5. The smallest absolute Gasteiger partial charge is 0.295 e. The highest BCUT2D eigenvalue weighted by Crippen LogP contribution is 2.27. The summed E-state index contributed by atoms with van der Waals surface area (Å²) in [6.07, 6.45) is 5.45. The number of amides is 1. The van der Waals surface area contributed by atoms with E-state index in [9.17, 15) is 4.79 Å². The van der Waals surface area contributed by atoms with Gasteiger partial charge in [0.25, 0.3) is 11.9 Å². The molecule has 0 aliphatic carbocycles. The molecule has 0 radical (unpaired) electrons. The number of carbonyl (C=O) groups is 1. The Kier molecular flexibility index (Phi) is 5.90. The number of rotatable bonds is 7. The number of anilines is 1. The first-order chi connectivity index (χ1) is 14.2.